The van der Waals surface area contributed by atoms with Crippen LogP contribution in [0, 0.1) is 5.82 Å². The number of aromatic nitrogens is 2. The van der Waals surface area contributed by atoms with Crippen molar-refractivity contribution >= 4 is 23.2 Å². The van der Waals surface area contributed by atoms with Crippen molar-refractivity contribution in [2.75, 3.05) is 0 Å². The summed E-state index contributed by atoms with van der Waals surface area (Å²) in [5, 5.41) is 0.915. The van der Waals surface area contributed by atoms with Gasteiger partial charge in [0.25, 0.3) is 0 Å². The smallest absolute Gasteiger partial charge is 0.137 e. The van der Waals surface area contributed by atoms with E-state index in [1.54, 1.807) is 12.1 Å². The number of halogens is 3. The first-order valence-corrected chi connectivity index (χ1v) is 7.85. The molecule has 0 aliphatic heterocycles. The third-order valence-corrected chi connectivity index (χ3v) is 4.51. The molecule has 3 rings (SSSR count). The Morgan fingerprint density at radius 1 is 1.00 bits per heavy atom. The van der Waals surface area contributed by atoms with Crippen molar-refractivity contribution in [2.24, 2.45) is 0 Å². The van der Waals surface area contributed by atoms with E-state index in [0.717, 1.165) is 24.0 Å². The minimum atomic E-state index is -0.257. The summed E-state index contributed by atoms with van der Waals surface area (Å²) in [6.45, 7) is 0. The summed E-state index contributed by atoms with van der Waals surface area (Å²) >= 11 is 12.6. The van der Waals surface area contributed by atoms with Crippen molar-refractivity contribution in [2.45, 2.75) is 38.0 Å². The fraction of sp³-hybridized carbons (Fsp3) is 0.375. The SMILES string of the molecule is Fc1ccc(Cc2nc(Cl)c(C3CCCC3)c(Cl)n2)cc1. The van der Waals surface area contributed by atoms with Crippen LogP contribution in [0.25, 0.3) is 0 Å². The Bertz CT molecular complexity index is 614. The van der Waals surface area contributed by atoms with Gasteiger partial charge in [-0.25, -0.2) is 14.4 Å². The molecule has 1 heterocycles. The van der Waals surface area contributed by atoms with Gasteiger partial charge in [0.2, 0.25) is 0 Å². The van der Waals surface area contributed by atoms with E-state index < -0.39 is 0 Å². The predicted molar refractivity (Wildman–Crippen MR) is 82.5 cm³/mol. The molecule has 0 saturated heterocycles. The van der Waals surface area contributed by atoms with Gasteiger partial charge in [0.05, 0.1) is 0 Å². The number of hydrogen-bond acceptors (Lipinski definition) is 2. The molecule has 0 N–H and O–H groups in total. The highest BCUT2D eigenvalue weighted by Crippen LogP contribution is 2.40. The third-order valence-electron chi connectivity index (χ3n) is 3.94. The van der Waals surface area contributed by atoms with Crippen LogP contribution in [0.1, 0.15) is 48.6 Å². The summed E-state index contributed by atoms with van der Waals surface area (Å²) in [5.41, 5.74) is 1.82. The van der Waals surface area contributed by atoms with Crippen LogP contribution in [-0.2, 0) is 6.42 Å². The Morgan fingerprint density at radius 3 is 2.14 bits per heavy atom. The molecule has 1 aliphatic carbocycles. The zero-order valence-corrected chi connectivity index (χ0v) is 13.0. The van der Waals surface area contributed by atoms with Gasteiger partial charge in [0.1, 0.15) is 21.9 Å². The largest absolute Gasteiger partial charge is 0.220 e. The van der Waals surface area contributed by atoms with Crippen LogP contribution < -0.4 is 0 Å². The lowest BCUT2D eigenvalue weighted by molar-refractivity contribution is 0.627. The van der Waals surface area contributed by atoms with Crippen LogP contribution in [-0.4, -0.2) is 9.97 Å². The molecular weight excluding hydrogens is 310 g/mol. The van der Waals surface area contributed by atoms with Crippen molar-refractivity contribution < 1.29 is 4.39 Å². The number of hydrogen-bond donors (Lipinski definition) is 0. The van der Waals surface area contributed by atoms with E-state index in [0.29, 0.717) is 28.5 Å². The van der Waals surface area contributed by atoms with Gasteiger partial charge in [-0.05, 0) is 36.5 Å². The third kappa shape index (κ3) is 3.35. The summed E-state index contributed by atoms with van der Waals surface area (Å²) in [6, 6.07) is 6.27. The standard InChI is InChI=1S/C16H15Cl2FN2/c17-15-14(11-3-1-2-4-11)16(18)21-13(20-15)9-10-5-7-12(19)8-6-10/h5-8,11H,1-4,9H2. The highest BCUT2D eigenvalue weighted by molar-refractivity contribution is 6.34. The quantitative estimate of drug-likeness (QED) is 0.728. The molecule has 0 spiro atoms. The summed E-state index contributed by atoms with van der Waals surface area (Å²) in [6.07, 6.45) is 5.09. The first kappa shape index (κ1) is 14.7. The normalized spacial score (nSPS) is 15.6. The first-order valence-electron chi connectivity index (χ1n) is 7.10. The van der Waals surface area contributed by atoms with Crippen LogP contribution in [0.15, 0.2) is 24.3 Å². The van der Waals surface area contributed by atoms with Crippen LogP contribution >= 0.6 is 23.2 Å². The Balaban J connectivity index is 1.85. The lowest BCUT2D eigenvalue weighted by Crippen LogP contribution is -2.04. The van der Waals surface area contributed by atoms with Crippen LogP contribution in [0.2, 0.25) is 10.3 Å². The minimum absolute atomic E-state index is 0.257. The number of benzene rings is 1. The van der Waals surface area contributed by atoms with Gasteiger partial charge in [0, 0.05) is 12.0 Å². The van der Waals surface area contributed by atoms with Crippen molar-refractivity contribution in [1.82, 2.24) is 9.97 Å². The van der Waals surface area contributed by atoms with E-state index in [2.05, 4.69) is 9.97 Å². The topological polar surface area (TPSA) is 25.8 Å². The zero-order valence-electron chi connectivity index (χ0n) is 11.5. The van der Waals surface area contributed by atoms with Gasteiger partial charge in [-0.15, -0.1) is 0 Å². The molecule has 1 aliphatic rings. The summed E-state index contributed by atoms with van der Waals surface area (Å²) in [7, 11) is 0. The van der Waals surface area contributed by atoms with Crippen LogP contribution in [0.3, 0.4) is 0 Å². The maximum atomic E-state index is 12.9. The summed E-state index contributed by atoms with van der Waals surface area (Å²) in [5.74, 6) is 0.690. The lowest BCUT2D eigenvalue weighted by Gasteiger charge is -2.13. The Kier molecular flexibility index (Phi) is 4.41. The second-order valence-corrected chi connectivity index (χ2v) is 6.14. The molecule has 1 aromatic heterocycles. The lowest BCUT2D eigenvalue weighted by atomic mass is 10.0. The van der Waals surface area contributed by atoms with Crippen molar-refractivity contribution in [3.8, 4) is 0 Å². The predicted octanol–water partition coefficient (Wildman–Crippen LogP) is 5.17. The van der Waals surface area contributed by atoms with Crippen LogP contribution in [0.4, 0.5) is 4.39 Å². The average molecular weight is 325 g/mol. The molecule has 2 nitrogen and oxygen atoms in total. The van der Waals surface area contributed by atoms with E-state index in [-0.39, 0.29) is 5.82 Å². The van der Waals surface area contributed by atoms with Gasteiger partial charge < -0.3 is 0 Å². The van der Waals surface area contributed by atoms with Crippen LogP contribution in [0.5, 0.6) is 0 Å². The molecule has 2 aromatic rings. The molecule has 1 aromatic carbocycles. The highest BCUT2D eigenvalue weighted by atomic mass is 35.5. The Labute approximate surface area is 133 Å². The molecule has 0 atom stereocenters. The van der Waals surface area contributed by atoms with Crippen molar-refractivity contribution in [3.63, 3.8) is 0 Å². The Morgan fingerprint density at radius 2 is 1.57 bits per heavy atom. The van der Waals surface area contributed by atoms with E-state index in [1.807, 2.05) is 0 Å². The molecule has 0 bridgehead atoms. The highest BCUT2D eigenvalue weighted by Gasteiger charge is 2.24. The molecule has 0 unspecified atom stereocenters. The second-order valence-electron chi connectivity index (χ2n) is 5.42. The van der Waals surface area contributed by atoms with Gasteiger partial charge in [-0.1, -0.05) is 48.2 Å². The molecule has 1 fully saturated rings. The molecule has 5 heteroatoms. The van der Waals surface area contributed by atoms with Gasteiger partial charge >= 0.3 is 0 Å². The maximum absolute atomic E-state index is 12.9. The minimum Gasteiger partial charge on any atom is -0.220 e. The van der Waals surface area contributed by atoms with E-state index in [4.69, 9.17) is 23.2 Å². The molecule has 0 amide bonds. The molecule has 21 heavy (non-hydrogen) atoms. The molecular formula is C16H15Cl2FN2. The summed E-state index contributed by atoms with van der Waals surface area (Å²) in [4.78, 5) is 8.74. The zero-order chi connectivity index (χ0) is 14.8. The van der Waals surface area contributed by atoms with E-state index in [1.165, 1.54) is 25.0 Å². The first-order chi connectivity index (χ1) is 10.1. The fourth-order valence-electron chi connectivity index (χ4n) is 2.87. The monoisotopic (exact) mass is 324 g/mol. The van der Waals surface area contributed by atoms with Crippen molar-refractivity contribution in [3.05, 3.63) is 57.3 Å². The summed E-state index contributed by atoms with van der Waals surface area (Å²) < 4.78 is 12.9. The van der Waals surface area contributed by atoms with E-state index in [9.17, 15) is 4.39 Å². The van der Waals surface area contributed by atoms with E-state index >= 15 is 0 Å². The molecule has 1 saturated carbocycles. The maximum Gasteiger partial charge on any atom is 0.137 e. The fourth-order valence-corrected chi connectivity index (χ4v) is 3.60. The van der Waals surface area contributed by atoms with Gasteiger partial charge in [-0.2, -0.15) is 0 Å². The van der Waals surface area contributed by atoms with Gasteiger partial charge in [-0.3, -0.25) is 0 Å². The Hall–Kier alpha value is -1.19. The average Bonchev–Trinajstić information content (AvgIpc) is 2.94. The van der Waals surface area contributed by atoms with Gasteiger partial charge in [0.15, 0.2) is 0 Å². The number of rotatable bonds is 3. The second kappa shape index (κ2) is 6.29. The molecule has 0 radical (unpaired) electrons. The number of nitrogens with zero attached hydrogens (tertiary/aromatic N) is 2. The molecule has 110 valence electrons. The van der Waals surface area contributed by atoms with Crippen molar-refractivity contribution in [1.29, 1.82) is 0 Å².